The van der Waals surface area contributed by atoms with Gasteiger partial charge in [0.1, 0.15) is 6.16 Å². The van der Waals surface area contributed by atoms with E-state index >= 15 is 0 Å². The van der Waals surface area contributed by atoms with Crippen molar-refractivity contribution in [3.8, 4) is 0 Å². The average Bonchev–Trinajstić information content (AvgIpc) is 2.73. The maximum atomic E-state index is 6.77. The Morgan fingerprint density at radius 2 is 0.933 bits per heavy atom. The van der Waals surface area contributed by atoms with E-state index < -0.39 is 7.71 Å². The summed E-state index contributed by atoms with van der Waals surface area (Å²) in [5.41, 5.74) is 1.32. The Balaban J connectivity index is 3.72. The molecule has 0 aliphatic heterocycles. The molecule has 0 N–H and O–H groups in total. The smallest absolute Gasteiger partial charge is 0.148 e. The predicted octanol–water partition coefficient (Wildman–Crippen LogP) is 7.97. The summed E-state index contributed by atoms with van der Waals surface area (Å²) in [4.78, 5) is 0. The van der Waals surface area contributed by atoms with Gasteiger partial charge in [-0.1, -0.05) is 71.3 Å². The molecule has 0 bridgehead atoms. The van der Waals surface area contributed by atoms with E-state index in [0.29, 0.717) is 0 Å². The summed E-state index contributed by atoms with van der Waals surface area (Å²) in [5.74, 6) is 0. The third-order valence-corrected chi connectivity index (χ3v) is 10.6. The van der Waals surface area contributed by atoms with Gasteiger partial charge in [-0.05, 0) is 44.6 Å². The molecule has 1 rings (SSSR count). The van der Waals surface area contributed by atoms with Crippen LogP contribution in [-0.2, 0) is 6.16 Å². The minimum atomic E-state index is -1.76. The summed E-state index contributed by atoms with van der Waals surface area (Å²) in [7, 11) is -1.76. The first kappa shape index (κ1) is 27.9. The Bertz CT molecular complexity index is 510. The van der Waals surface area contributed by atoms with Crippen LogP contribution in [0.2, 0.25) is 5.02 Å². The van der Waals surface area contributed by atoms with Crippen molar-refractivity contribution in [2.75, 3.05) is 39.3 Å². The van der Waals surface area contributed by atoms with Gasteiger partial charge in [0.15, 0.2) is 0 Å². The highest BCUT2D eigenvalue weighted by Gasteiger charge is 2.55. The van der Waals surface area contributed by atoms with E-state index in [1.807, 2.05) is 0 Å². The quantitative estimate of drug-likeness (QED) is 0.220. The van der Waals surface area contributed by atoms with Crippen molar-refractivity contribution < 1.29 is 0 Å². The Hall–Kier alpha value is -0.180. The first-order valence-electron chi connectivity index (χ1n) is 12.4. The fourth-order valence-corrected chi connectivity index (χ4v) is 10.4. The van der Waals surface area contributed by atoms with Crippen molar-refractivity contribution in [1.29, 1.82) is 0 Å². The van der Waals surface area contributed by atoms with Crippen LogP contribution in [0, 0.1) is 0 Å². The van der Waals surface area contributed by atoms with Gasteiger partial charge in [-0.25, -0.2) is 0 Å². The zero-order chi connectivity index (χ0) is 22.4. The molecule has 30 heavy (non-hydrogen) atoms. The normalized spacial score (nSPS) is 12.5. The van der Waals surface area contributed by atoms with Crippen molar-refractivity contribution in [1.82, 2.24) is 14.0 Å². The minimum Gasteiger partial charge on any atom is -0.148 e. The van der Waals surface area contributed by atoms with Crippen LogP contribution in [0.15, 0.2) is 24.3 Å². The van der Waals surface area contributed by atoms with Crippen LogP contribution in [0.3, 0.4) is 0 Å². The molecule has 3 nitrogen and oxygen atoms in total. The minimum absolute atomic E-state index is 0.927. The molecular weight excluding hydrogens is 409 g/mol. The van der Waals surface area contributed by atoms with E-state index in [4.69, 9.17) is 11.6 Å². The SMILES string of the molecule is CCCN(CCC)[P+](Cc1ccccc1Cl)(N(CCC)CCC)N(CCC)CCC. The first-order valence-corrected chi connectivity index (χ1v) is 14.6. The van der Waals surface area contributed by atoms with Gasteiger partial charge in [-0.15, -0.1) is 14.0 Å². The largest absolute Gasteiger partial charge is 0.231 e. The third kappa shape index (κ3) is 7.45. The summed E-state index contributed by atoms with van der Waals surface area (Å²) >= 11 is 6.77. The van der Waals surface area contributed by atoms with Gasteiger partial charge in [-0.2, -0.15) is 0 Å². The van der Waals surface area contributed by atoms with Gasteiger partial charge in [0.25, 0.3) is 0 Å². The van der Waals surface area contributed by atoms with Gasteiger partial charge >= 0.3 is 0 Å². The zero-order valence-corrected chi connectivity index (χ0v) is 22.3. The monoisotopic (exact) mass is 456 g/mol. The van der Waals surface area contributed by atoms with E-state index in [2.05, 4.69) is 79.8 Å². The average molecular weight is 457 g/mol. The predicted molar refractivity (Wildman–Crippen MR) is 139 cm³/mol. The molecule has 0 heterocycles. The van der Waals surface area contributed by atoms with E-state index in [0.717, 1.165) is 11.2 Å². The molecule has 0 aliphatic carbocycles. The molecule has 0 aromatic heterocycles. The van der Waals surface area contributed by atoms with Crippen molar-refractivity contribution in [3.05, 3.63) is 34.9 Å². The maximum Gasteiger partial charge on any atom is 0.231 e. The Labute approximate surface area is 193 Å². The lowest BCUT2D eigenvalue weighted by molar-refractivity contribution is 0.292. The number of nitrogens with zero attached hydrogens (tertiary/aromatic N) is 3. The van der Waals surface area contributed by atoms with Crippen molar-refractivity contribution >= 4 is 19.3 Å². The van der Waals surface area contributed by atoms with Crippen LogP contribution in [0.1, 0.15) is 85.6 Å². The highest BCUT2D eigenvalue weighted by molar-refractivity contribution is 7.68. The van der Waals surface area contributed by atoms with Gasteiger partial charge in [0.2, 0.25) is 7.71 Å². The second-order valence-corrected chi connectivity index (χ2v) is 12.1. The first-order chi connectivity index (χ1) is 14.5. The fraction of sp³-hybridized carbons (Fsp3) is 0.760. The fourth-order valence-electron chi connectivity index (χ4n) is 4.54. The number of hydrogen-bond acceptors (Lipinski definition) is 3. The third-order valence-electron chi connectivity index (χ3n) is 5.59. The lowest BCUT2D eigenvalue weighted by Gasteiger charge is -2.48. The summed E-state index contributed by atoms with van der Waals surface area (Å²) < 4.78 is 8.69. The second kappa shape index (κ2) is 15.6. The van der Waals surface area contributed by atoms with Crippen LogP contribution in [0.4, 0.5) is 0 Å². The molecule has 0 fully saturated rings. The Morgan fingerprint density at radius 1 is 0.600 bits per heavy atom. The summed E-state index contributed by atoms with van der Waals surface area (Å²) in [6, 6.07) is 8.56. The highest BCUT2D eigenvalue weighted by atomic mass is 35.5. The molecule has 1 aromatic carbocycles. The Kier molecular flexibility index (Phi) is 14.5. The summed E-state index contributed by atoms with van der Waals surface area (Å²) in [6.45, 7) is 21.0. The summed E-state index contributed by atoms with van der Waals surface area (Å²) in [6.07, 6.45) is 8.24. The molecule has 5 heteroatoms. The molecule has 1 aromatic rings. The standard InChI is InChI=1S/C25H48ClN3P/c1-7-17-27(18-8-2)30(28(19-9-3)20-10-4,29(21-11-5)22-12-6)23-24-15-13-14-16-25(24)26/h13-16H,7-12,17-23H2,1-6H3/q+1. The van der Waals surface area contributed by atoms with Gasteiger partial charge in [0, 0.05) is 49.9 Å². The Morgan fingerprint density at radius 3 is 1.23 bits per heavy atom. The second-order valence-electron chi connectivity index (χ2n) is 8.30. The lowest BCUT2D eigenvalue weighted by atomic mass is 10.2. The van der Waals surface area contributed by atoms with Crippen LogP contribution < -0.4 is 0 Å². The molecule has 0 unspecified atom stereocenters. The van der Waals surface area contributed by atoms with E-state index in [1.54, 1.807) is 0 Å². The maximum absolute atomic E-state index is 6.77. The molecular formula is C25H48ClN3P+. The molecule has 0 spiro atoms. The van der Waals surface area contributed by atoms with E-state index in [9.17, 15) is 0 Å². The highest BCUT2D eigenvalue weighted by Crippen LogP contribution is 2.70. The topological polar surface area (TPSA) is 9.72 Å². The molecule has 0 aliphatic rings. The van der Waals surface area contributed by atoms with E-state index in [-0.39, 0.29) is 0 Å². The summed E-state index contributed by atoms with van der Waals surface area (Å²) in [5, 5.41) is 0.927. The van der Waals surface area contributed by atoms with Gasteiger partial charge in [0.05, 0.1) is 0 Å². The molecule has 0 radical (unpaired) electrons. The van der Waals surface area contributed by atoms with Crippen molar-refractivity contribution in [3.63, 3.8) is 0 Å². The van der Waals surface area contributed by atoms with Crippen LogP contribution >= 0.6 is 19.3 Å². The lowest BCUT2D eigenvalue weighted by Crippen LogP contribution is -2.48. The number of benzene rings is 1. The van der Waals surface area contributed by atoms with Crippen LogP contribution in [0.5, 0.6) is 0 Å². The van der Waals surface area contributed by atoms with Crippen molar-refractivity contribution in [2.24, 2.45) is 0 Å². The molecule has 0 atom stereocenters. The molecule has 0 saturated heterocycles. The van der Waals surface area contributed by atoms with E-state index in [1.165, 1.54) is 83.4 Å². The number of rotatable bonds is 17. The van der Waals surface area contributed by atoms with Gasteiger partial charge in [-0.3, -0.25) is 0 Å². The van der Waals surface area contributed by atoms with Crippen LogP contribution in [0.25, 0.3) is 0 Å². The molecule has 0 saturated carbocycles. The zero-order valence-electron chi connectivity index (χ0n) is 20.7. The van der Waals surface area contributed by atoms with Crippen molar-refractivity contribution in [2.45, 2.75) is 86.2 Å². The molecule has 174 valence electrons. The molecule has 0 amide bonds. The number of halogens is 1. The number of hydrogen-bond donors (Lipinski definition) is 0. The van der Waals surface area contributed by atoms with Gasteiger partial charge < -0.3 is 0 Å². The van der Waals surface area contributed by atoms with Crippen LogP contribution in [-0.4, -0.2) is 53.3 Å².